The van der Waals surface area contributed by atoms with Crippen LogP contribution in [0.4, 0.5) is 13.2 Å². The van der Waals surface area contributed by atoms with Crippen LogP contribution in [0.2, 0.25) is 0 Å². The Morgan fingerprint density at radius 2 is 2.04 bits per heavy atom. The van der Waals surface area contributed by atoms with E-state index in [0.29, 0.717) is 35.4 Å². The van der Waals surface area contributed by atoms with E-state index in [9.17, 15) is 13.2 Å². The Bertz CT molecular complexity index is 808. The van der Waals surface area contributed by atoms with Crippen molar-refractivity contribution in [2.75, 3.05) is 27.8 Å². The van der Waals surface area contributed by atoms with Crippen LogP contribution < -0.4 is 20.1 Å². The largest absolute Gasteiger partial charge is 0.497 e. The molecule has 2 aromatic rings. The zero-order valence-corrected chi connectivity index (χ0v) is 16.9. The van der Waals surface area contributed by atoms with Gasteiger partial charge in [-0.2, -0.15) is 13.2 Å². The number of alkyl halides is 3. The molecule has 10 heteroatoms. The molecule has 6 nitrogen and oxygen atoms in total. The number of ether oxygens (including phenoxy) is 2. The molecule has 0 radical (unpaired) electrons. The maximum absolute atomic E-state index is 12.6. The molecule has 1 aromatic carbocycles. The third kappa shape index (κ3) is 5.75. The third-order valence-electron chi connectivity index (χ3n) is 3.95. The van der Waals surface area contributed by atoms with Crippen molar-refractivity contribution in [3.8, 4) is 11.5 Å². The van der Waals surface area contributed by atoms with E-state index in [0.717, 1.165) is 22.3 Å². The second-order valence-electron chi connectivity index (χ2n) is 5.85. The van der Waals surface area contributed by atoms with Crippen molar-refractivity contribution >= 4 is 17.3 Å². The molecule has 1 aromatic heterocycles. The summed E-state index contributed by atoms with van der Waals surface area (Å²) < 4.78 is 48.5. The maximum atomic E-state index is 12.6. The van der Waals surface area contributed by atoms with Crippen LogP contribution in [0.3, 0.4) is 0 Å². The number of methoxy groups -OCH3 is 2. The summed E-state index contributed by atoms with van der Waals surface area (Å²) in [7, 11) is 4.80. The van der Waals surface area contributed by atoms with Gasteiger partial charge in [0.2, 0.25) is 0 Å². The molecule has 1 unspecified atom stereocenters. The molecular weight excluding hydrogens is 393 g/mol. The van der Waals surface area contributed by atoms with Crippen molar-refractivity contribution in [1.82, 2.24) is 15.6 Å². The number of thiazole rings is 1. The van der Waals surface area contributed by atoms with Gasteiger partial charge in [-0.1, -0.05) is 0 Å². The van der Waals surface area contributed by atoms with Crippen LogP contribution in [0, 0.1) is 0 Å². The third-order valence-corrected chi connectivity index (χ3v) is 4.86. The second kappa shape index (κ2) is 9.63. The predicted molar refractivity (Wildman–Crippen MR) is 103 cm³/mol. The van der Waals surface area contributed by atoms with Gasteiger partial charge in [0, 0.05) is 31.0 Å². The number of benzene rings is 1. The van der Waals surface area contributed by atoms with Crippen LogP contribution in [-0.4, -0.2) is 38.8 Å². The summed E-state index contributed by atoms with van der Waals surface area (Å²) in [4.78, 5) is 7.77. The zero-order chi connectivity index (χ0) is 20.7. The van der Waals surface area contributed by atoms with Gasteiger partial charge in [0.1, 0.15) is 11.5 Å². The number of hydrogen-bond acceptors (Lipinski definition) is 5. The van der Waals surface area contributed by atoms with Gasteiger partial charge in [0.25, 0.3) is 0 Å². The number of halogens is 3. The molecule has 0 aliphatic carbocycles. The lowest BCUT2D eigenvalue weighted by atomic mass is 10.1. The maximum Gasteiger partial charge on any atom is 0.434 e. The van der Waals surface area contributed by atoms with Crippen LogP contribution in [-0.2, 0) is 12.6 Å². The van der Waals surface area contributed by atoms with Crippen LogP contribution in [0.15, 0.2) is 28.6 Å². The minimum atomic E-state index is -4.41. The first-order valence-electron chi connectivity index (χ1n) is 8.49. The van der Waals surface area contributed by atoms with Crippen LogP contribution in [0.1, 0.15) is 29.2 Å². The van der Waals surface area contributed by atoms with E-state index in [1.165, 1.54) is 0 Å². The summed E-state index contributed by atoms with van der Waals surface area (Å²) in [5.41, 5.74) is 0.0355. The van der Waals surface area contributed by atoms with Crippen molar-refractivity contribution in [2.24, 2.45) is 4.99 Å². The van der Waals surface area contributed by atoms with Crippen LogP contribution >= 0.6 is 11.3 Å². The summed E-state index contributed by atoms with van der Waals surface area (Å²) in [5.74, 6) is 1.93. The van der Waals surface area contributed by atoms with Gasteiger partial charge in [-0.3, -0.25) is 4.99 Å². The van der Waals surface area contributed by atoms with E-state index < -0.39 is 11.9 Å². The van der Waals surface area contributed by atoms with Gasteiger partial charge in [-0.05, 0) is 25.1 Å². The molecule has 2 rings (SSSR count). The standard InChI is InChI=1S/C18H23F3N4O2S/c1-11(13-9-12(26-3)5-6-14(13)27-4)24-17(22-2)23-8-7-16-25-15(10-28-16)18(19,20)21/h5-6,9-11H,7-8H2,1-4H3,(H2,22,23,24). The molecule has 0 aliphatic rings. The lowest BCUT2D eigenvalue weighted by Gasteiger charge is -2.20. The summed E-state index contributed by atoms with van der Waals surface area (Å²) in [6, 6.07) is 5.36. The van der Waals surface area contributed by atoms with Crippen LogP contribution in [0.25, 0.3) is 0 Å². The normalized spacial score (nSPS) is 13.2. The van der Waals surface area contributed by atoms with Gasteiger partial charge in [0.05, 0.1) is 25.3 Å². The smallest absolute Gasteiger partial charge is 0.434 e. The molecule has 0 amide bonds. The molecule has 0 fully saturated rings. The number of hydrogen-bond donors (Lipinski definition) is 2. The minimum absolute atomic E-state index is 0.145. The summed E-state index contributed by atoms with van der Waals surface area (Å²) in [5, 5.41) is 7.76. The number of nitrogens with one attached hydrogen (secondary N) is 2. The Balaban J connectivity index is 1.95. The average Bonchev–Trinajstić information content (AvgIpc) is 3.15. The highest BCUT2D eigenvalue weighted by atomic mass is 32.1. The Kier molecular flexibility index (Phi) is 7.50. The SMILES string of the molecule is CN=C(NCCc1nc(C(F)(F)F)cs1)NC(C)c1cc(OC)ccc1OC. The molecule has 0 bridgehead atoms. The first-order chi connectivity index (χ1) is 13.3. The summed E-state index contributed by atoms with van der Waals surface area (Å²) >= 11 is 0.994. The Morgan fingerprint density at radius 3 is 2.61 bits per heavy atom. The molecule has 1 atom stereocenters. The topological polar surface area (TPSA) is 67.8 Å². The predicted octanol–water partition coefficient (Wildman–Crippen LogP) is 3.65. The molecular formula is C18H23F3N4O2S. The fourth-order valence-corrected chi connectivity index (χ4v) is 3.30. The number of guanidine groups is 1. The Morgan fingerprint density at radius 1 is 1.29 bits per heavy atom. The highest BCUT2D eigenvalue weighted by Crippen LogP contribution is 2.30. The summed E-state index contributed by atoms with van der Waals surface area (Å²) in [6.45, 7) is 2.34. The van der Waals surface area contributed by atoms with Crippen molar-refractivity contribution in [3.63, 3.8) is 0 Å². The highest BCUT2D eigenvalue weighted by molar-refractivity contribution is 7.09. The first kappa shape index (κ1) is 21.8. The summed E-state index contributed by atoms with van der Waals surface area (Å²) in [6.07, 6.45) is -4.05. The van der Waals surface area contributed by atoms with Crippen molar-refractivity contribution < 1.29 is 22.6 Å². The van der Waals surface area contributed by atoms with E-state index in [4.69, 9.17) is 9.47 Å². The molecule has 2 N–H and O–H groups in total. The molecule has 1 heterocycles. The van der Waals surface area contributed by atoms with Gasteiger partial charge >= 0.3 is 6.18 Å². The minimum Gasteiger partial charge on any atom is -0.497 e. The van der Waals surface area contributed by atoms with E-state index >= 15 is 0 Å². The van der Waals surface area contributed by atoms with Gasteiger partial charge in [0.15, 0.2) is 11.7 Å². The molecule has 28 heavy (non-hydrogen) atoms. The van der Waals surface area contributed by atoms with Gasteiger partial charge in [-0.25, -0.2) is 4.98 Å². The molecule has 0 aliphatic heterocycles. The van der Waals surface area contributed by atoms with Crippen molar-refractivity contribution in [3.05, 3.63) is 39.8 Å². The fraction of sp³-hybridized carbons (Fsp3) is 0.444. The molecule has 0 saturated heterocycles. The van der Waals surface area contributed by atoms with E-state index in [2.05, 4.69) is 20.6 Å². The highest BCUT2D eigenvalue weighted by Gasteiger charge is 2.33. The zero-order valence-electron chi connectivity index (χ0n) is 16.1. The molecule has 0 spiro atoms. The molecule has 154 valence electrons. The number of rotatable bonds is 7. The van der Waals surface area contributed by atoms with Crippen molar-refractivity contribution in [2.45, 2.75) is 25.6 Å². The van der Waals surface area contributed by atoms with Gasteiger partial charge in [-0.15, -0.1) is 11.3 Å². The van der Waals surface area contributed by atoms with Gasteiger partial charge < -0.3 is 20.1 Å². The van der Waals surface area contributed by atoms with Crippen molar-refractivity contribution in [1.29, 1.82) is 0 Å². The van der Waals surface area contributed by atoms with E-state index in [-0.39, 0.29) is 6.04 Å². The number of aromatic nitrogens is 1. The van der Waals surface area contributed by atoms with E-state index in [1.54, 1.807) is 21.3 Å². The lowest BCUT2D eigenvalue weighted by Crippen LogP contribution is -2.39. The first-order valence-corrected chi connectivity index (χ1v) is 9.37. The van der Waals surface area contributed by atoms with E-state index in [1.807, 2.05) is 25.1 Å². The lowest BCUT2D eigenvalue weighted by molar-refractivity contribution is -0.140. The Hall–Kier alpha value is -2.49. The Labute approximate surface area is 165 Å². The van der Waals surface area contributed by atoms with Crippen LogP contribution in [0.5, 0.6) is 11.5 Å². The quantitative estimate of drug-likeness (QED) is 0.533. The number of aliphatic imine (C=N–C) groups is 1. The second-order valence-corrected chi connectivity index (χ2v) is 6.79. The molecule has 0 saturated carbocycles. The average molecular weight is 416 g/mol. The monoisotopic (exact) mass is 416 g/mol. The fourth-order valence-electron chi connectivity index (χ4n) is 2.50. The number of nitrogens with zero attached hydrogens (tertiary/aromatic N) is 2.